The summed E-state index contributed by atoms with van der Waals surface area (Å²) in [6.07, 6.45) is 0. The Morgan fingerprint density at radius 1 is 1.36 bits per heavy atom. The van der Waals surface area contributed by atoms with Gasteiger partial charge in [0.05, 0.1) is 0 Å². The van der Waals surface area contributed by atoms with Gasteiger partial charge in [0, 0.05) is 24.9 Å². The summed E-state index contributed by atoms with van der Waals surface area (Å²) in [6.45, 7) is 9.45. The maximum atomic E-state index is 4.25. The summed E-state index contributed by atoms with van der Waals surface area (Å²) in [5, 5.41) is 0. The van der Waals surface area contributed by atoms with Gasteiger partial charge in [0.15, 0.2) is 0 Å². The minimum atomic E-state index is 0.761. The van der Waals surface area contributed by atoms with Crippen LogP contribution in [-0.4, -0.2) is 29.8 Å². The first-order valence-electron chi connectivity index (χ1n) is 4.51. The fourth-order valence-electron chi connectivity index (χ4n) is 1.93. The molecule has 0 saturated carbocycles. The molecule has 1 aliphatic heterocycles. The van der Waals surface area contributed by atoms with Crippen LogP contribution < -0.4 is 0 Å². The molecule has 0 aromatic rings. The Morgan fingerprint density at radius 2 is 2.00 bits per heavy atom. The molecule has 1 rings (SSSR count). The van der Waals surface area contributed by atoms with E-state index >= 15 is 0 Å². The molecule has 0 aromatic carbocycles. The molecule has 0 aromatic heterocycles. The van der Waals surface area contributed by atoms with Crippen LogP contribution in [0.25, 0.3) is 0 Å². The van der Waals surface area contributed by atoms with Crippen molar-refractivity contribution in [3.8, 4) is 0 Å². The van der Waals surface area contributed by atoms with Crippen LogP contribution in [-0.2, 0) is 0 Å². The van der Waals surface area contributed by atoms with Crippen molar-refractivity contribution in [1.29, 1.82) is 0 Å². The normalized spacial score (nSPS) is 39.8. The standard InChI is InChI=1S/C9H19NS/c1-7-6-10(4-5-11)9(3)8(7)2/h7-9,11H,4-6H2,1-3H3. The molecule has 0 radical (unpaired) electrons. The number of rotatable bonds is 2. The van der Waals surface area contributed by atoms with Crippen LogP contribution in [0.2, 0.25) is 0 Å². The molecule has 11 heavy (non-hydrogen) atoms. The monoisotopic (exact) mass is 173 g/mol. The summed E-state index contributed by atoms with van der Waals surface area (Å²) < 4.78 is 0. The van der Waals surface area contributed by atoms with Crippen LogP contribution in [0.4, 0.5) is 0 Å². The Balaban J connectivity index is 2.45. The molecular formula is C9H19NS. The average Bonchev–Trinajstić information content (AvgIpc) is 2.19. The molecule has 1 nitrogen and oxygen atoms in total. The highest BCUT2D eigenvalue weighted by atomic mass is 32.1. The van der Waals surface area contributed by atoms with Gasteiger partial charge in [-0.25, -0.2) is 0 Å². The van der Waals surface area contributed by atoms with E-state index in [1.54, 1.807) is 0 Å². The second kappa shape index (κ2) is 3.81. The van der Waals surface area contributed by atoms with E-state index in [9.17, 15) is 0 Å². The van der Waals surface area contributed by atoms with Gasteiger partial charge in [0.25, 0.3) is 0 Å². The van der Waals surface area contributed by atoms with Gasteiger partial charge in [-0.3, -0.25) is 4.90 Å². The lowest BCUT2D eigenvalue weighted by atomic mass is 9.95. The molecule has 3 unspecified atom stereocenters. The zero-order valence-corrected chi connectivity index (χ0v) is 8.64. The van der Waals surface area contributed by atoms with Crippen LogP contribution in [0.15, 0.2) is 0 Å². The SMILES string of the molecule is CC1CN(CCS)C(C)C1C. The van der Waals surface area contributed by atoms with Gasteiger partial charge in [0.2, 0.25) is 0 Å². The minimum Gasteiger partial charge on any atom is -0.299 e. The van der Waals surface area contributed by atoms with E-state index in [1.807, 2.05) is 0 Å². The lowest BCUT2D eigenvalue weighted by Gasteiger charge is -2.21. The summed E-state index contributed by atoms with van der Waals surface area (Å²) in [5.74, 6) is 2.71. The third-order valence-corrected chi connectivity index (χ3v) is 3.34. The summed E-state index contributed by atoms with van der Waals surface area (Å²) >= 11 is 4.25. The topological polar surface area (TPSA) is 3.24 Å². The average molecular weight is 173 g/mol. The lowest BCUT2D eigenvalue weighted by Crippen LogP contribution is -2.30. The Morgan fingerprint density at radius 3 is 2.36 bits per heavy atom. The highest BCUT2D eigenvalue weighted by Crippen LogP contribution is 2.28. The zero-order valence-electron chi connectivity index (χ0n) is 7.75. The fourth-order valence-corrected chi connectivity index (χ4v) is 2.19. The number of likely N-dealkylation sites (tertiary alicyclic amines) is 1. The van der Waals surface area contributed by atoms with E-state index in [1.165, 1.54) is 6.54 Å². The molecule has 0 spiro atoms. The molecular weight excluding hydrogens is 154 g/mol. The van der Waals surface area contributed by atoms with Crippen LogP contribution in [0.3, 0.4) is 0 Å². The van der Waals surface area contributed by atoms with Crippen LogP contribution >= 0.6 is 12.6 Å². The van der Waals surface area contributed by atoms with Gasteiger partial charge >= 0.3 is 0 Å². The van der Waals surface area contributed by atoms with Gasteiger partial charge < -0.3 is 0 Å². The van der Waals surface area contributed by atoms with Crippen molar-refractivity contribution in [3.63, 3.8) is 0 Å². The zero-order chi connectivity index (χ0) is 8.43. The predicted octanol–water partition coefficient (Wildman–Crippen LogP) is 1.89. The van der Waals surface area contributed by atoms with Gasteiger partial charge in [-0.15, -0.1) is 0 Å². The highest BCUT2D eigenvalue weighted by molar-refractivity contribution is 7.80. The second-order valence-electron chi connectivity index (χ2n) is 3.80. The molecule has 0 aliphatic carbocycles. The molecule has 0 amide bonds. The molecule has 0 N–H and O–H groups in total. The summed E-state index contributed by atoms with van der Waals surface area (Å²) in [5.41, 5.74) is 0. The van der Waals surface area contributed by atoms with Crippen LogP contribution in [0.5, 0.6) is 0 Å². The fraction of sp³-hybridized carbons (Fsp3) is 1.00. The van der Waals surface area contributed by atoms with Crippen LogP contribution in [0, 0.1) is 11.8 Å². The first-order valence-corrected chi connectivity index (χ1v) is 5.15. The third-order valence-electron chi connectivity index (χ3n) is 3.14. The molecule has 1 heterocycles. The van der Waals surface area contributed by atoms with Gasteiger partial charge in [-0.05, 0) is 18.8 Å². The van der Waals surface area contributed by atoms with E-state index in [2.05, 4.69) is 38.3 Å². The van der Waals surface area contributed by atoms with E-state index in [0.717, 1.165) is 30.2 Å². The number of hydrogen-bond acceptors (Lipinski definition) is 2. The molecule has 0 bridgehead atoms. The number of thiol groups is 1. The van der Waals surface area contributed by atoms with E-state index in [4.69, 9.17) is 0 Å². The van der Waals surface area contributed by atoms with E-state index in [-0.39, 0.29) is 0 Å². The van der Waals surface area contributed by atoms with Crippen molar-refractivity contribution < 1.29 is 0 Å². The molecule has 3 atom stereocenters. The van der Waals surface area contributed by atoms with Crippen molar-refractivity contribution in [3.05, 3.63) is 0 Å². The van der Waals surface area contributed by atoms with Crippen molar-refractivity contribution in [2.75, 3.05) is 18.8 Å². The van der Waals surface area contributed by atoms with E-state index in [0.29, 0.717) is 0 Å². The summed E-state index contributed by atoms with van der Waals surface area (Å²) in [4.78, 5) is 2.54. The first-order chi connectivity index (χ1) is 5.16. The van der Waals surface area contributed by atoms with E-state index < -0.39 is 0 Å². The smallest absolute Gasteiger partial charge is 0.00960 e. The Bertz CT molecular complexity index is 127. The quantitative estimate of drug-likeness (QED) is 0.624. The van der Waals surface area contributed by atoms with Crippen molar-refractivity contribution >= 4 is 12.6 Å². The Hall–Kier alpha value is 0.310. The lowest BCUT2D eigenvalue weighted by molar-refractivity contribution is 0.262. The van der Waals surface area contributed by atoms with Gasteiger partial charge in [-0.2, -0.15) is 12.6 Å². The summed E-state index contributed by atoms with van der Waals surface area (Å²) in [7, 11) is 0. The molecule has 1 aliphatic rings. The largest absolute Gasteiger partial charge is 0.299 e. The molecule has 66 valence electrons. The van der Waals surface area contributed by atoms with Crippen molar-refractivity contribution in [2.24, 2.45) is 11.8 Å². The Labute approximate surface area is 75.6 Å². The second-order valence-corrected chi connectivity index (χ2v) is 4.24. The van der Waals surface area contributed by atoms with Gasteiger partial charge in [-0.1, -0.05) is 13.8 Å². The number of nitrogens with zero attached hydrogens (tertiary/aromatic N) is 1. The van der Waals surface area contributed by atoms with Crippen LogP contribution in [0.1, 0.15) is 20.8 Å². The maximum absolute atomic E-state index is 4.25. The third kappa shape index (κ3) is 1.91. The minimum absolute atomic E-state index is 0.761. The maximum Gasteiger partial charge on any atom is 0.00960 e. The van der Waals surface area contributed by atoms with Crippen molar-refractivity contribution in [1.82, 2.24) is 4.90 Å². The predicted molar refractivity (Wildman–Crippen MR) is 53.2 cm³/mol. The molecule has 2 heteroatoms. The van der Waals surface area contributed by atoms with Gasteiger partial charge in [0.1, 0.15) is 0 Å². The Kier molecular flexibility index (Phi) is 3.26. The number of hydrogen-bond donors (Lipinski definition) is 1. The molecule has 1 fully saturated rings. The molecule has 1 saturated heterocycles. The highest BCUT2D eigenvalue weighted by Gasteiger charge is 2.32. The summed E-state index contributed by atoms with van der Waals surface area (Å²) in [6, 6.07) is 0.761. The van der Waals surface area contributed by atoms with Crippen molar-refractivity contribution in [2.45, 2.75) is 26.8 Å². The first kappa shape index (κ1) is 9.40.